The summed E-state index contributed by atoms with van der Waals surface area (Å²) in [5.41, 5.74) is 0. The maximum atomic E-state index is 10.6. The average molecular weight is 162 g/mol. The molecule has 2 unspecified atom stereocenters. The minimum atomic E-state index is -0.892. The van der Waals surface area contributed by atoms with Gasteiger partial charge < -0.3 is 14.9 Å². The van der Waals surface area contributed by atoms with Gasteiger partial charge in [0, 0.05) is 0 Å². The molecule has 4 nitrogen and oxygen atoms in total. The molecule has 0 heterocycles. The van der Waals surface area contributed by atoms with E-state index < -0.39 is 12.2 Å². The Hall–Kier alpha value is -0.450. The number of aliphatic hydroxyl groups is 2. The summed E-state index contributed by atoms with van der Waals surface area (Å²) in [6.45, 7) is 2.67. The van der Waals surface area contributed by atoms with Crippen LogP contribution in [0.25, 0.3) is 0 Å². The van der Waals surface area contributed by atoms with Crippen LogP contribution >= 0.6 is 0 Å². The van der Waals surface area contributed by atoms with Gasteiger partial charge in [0.15, 0.2) is 5.78 Å². The van der Waals surface area contributed by atoms with Crippen LogP contribution in [0.3, 0.4) is 0 Å². The van der Waals surface area contributed by atoms with E-state index in [9.17, 15) is 4.79 Å². The van der Waals surface area contributed by atoms with E-state index in [1.54, 1.807) is 6.92 Å². The Kier molecular flexibility index (Phi) is 5.02. The fraction of sp³-hybridized carbons (Fsp3) is 0.857. The topological polar surface area (TPSA) is 66.8 Å². The van der Waals surface area contributed by atoms with Crippen molar-refractivity contribution in [2.45, 2.75) is 26.1 Å². The third kappa shape index (κ3) is 4.89. The van der Waals surface area contributed by atoms with Crippen molar-refractivity contribution in [3.8, 4) is 0 Å². The number of carbonyl (C=O) groups excluding carboxylic acids is 1. The van der Waals surface area contributed by atoms with Gasteiger partial charge in [0.2, 0.25) is 0 Å². The number of hydrogen-bond donors (Lipinski definition) is 2. The summed E-state index contributed by atoms with van der Waals surface area (Å²) in [6.07, 6.45) is -1.40. The van der Waals surface area contributed by atoms with E-state index in [0.29, 0.717) is 0 Å². The number of rotatable bonds is 5. The second-order valence-electron chi connectivity index (χ2n) is 2.42. The Morgan fingerprint density at radius 1 is 1.64 bits per heavy atom. The van der Waals surface area contributed by atoms with E-state index in [0.717, 1.165) is 0 Å². The van der Waals surface area contributed by atoms with Crippen molar-refractivity contribution in [1.82, 2.24) is 0 Å². The molecule has 0 aromatic carbocycles. The van der Waals surface area contributed by atoms with Gasteiger partial charge in [-0.2, -0.15) is 0 Å². The predicted octanol–water partition coefficient (Wildman–Crippen LogP) is -0.666. The molecule has 0 aliphatic heterocycles. The number of carbonyl (C=O) groups is 1. The van der Waals surface area contributed by atoms with Crippen molar-refractivity contribution in [3.63, 3.8) is 0 Å². The summed E-state index contributed by atoms with van der Waals surface area (Å²) in [7, 11) is 0. The fourth-order valence-electron chi connectivity index (χ4n) is 0.425. The normalized spacial score (nSPS) is 16.0. The molecule has 0 saturated heterocycles. The second kappa shape index (κ2) is 5.23. The molecule has 66 valence electrons. The van der Waals surface area contributed by atoms with Crippen LogP contribution in [0.5, 0.6) is 0 Å². The molecule has 0 amide bonds. The molecule has 0 saturated carbocycles. The van der Waals surface area contributed by atoms with Gasteiger partial charge >= 0.3 is 0 Å². The zero-order valence-corrected chi connectivity index (χ0v) is 6.78. The summed E-state index contributed by atoms with van der Waals surface area (Å²) >= 11 is 0. The van der Waals surface area contributed by atoms with Crippen LogP contribution < -0.4 is 0 Å². The van der Waals surface area contributed by atoms with Crippen LogP contribution in [0.15, 0.2) is 0 Å². The molecule has 0 radical (unpaired) electrons. The number of ether oxygens (including phenoxy) is 1. The molecule has 2 N–H and O–H groups in total. The highest BCUT2D eigenvalue weighted by molar-refractivity contribution is 5.79. The van der Waals surface area contributed by atoms with E-state index >= 15 is 0 Å². The van der Waals surface area contributed by atoms with Crippen molar-refractivity contribution in [2.75, 3.05) is 13.2 Å². The van der Waals surface area contributed by atoms with Crippen molar-refractivity contribution in [2.24, 2.45) is 0 Å². The lowest BCUT2D eigenvalue weighted by Crippen LogP contribution is -2.26. The Morgan fingerprint density at radius 2 is 2.18 bits per heavy atom. The lowest BCUT2D eigenvalue weighted by atomic mass is 10.3. The quantitative estimate of drug-likeness (QED) is 0.563. The molecule has 0 bridgehead atoms. The number of hydrogen-bond acceptors (Lipinski definition) is 4. The molecule has 0 aromatic rings. The summed E-state index contributed by atoms with van der Waals surface area (Å²) in [4.78, 5) is 10.6. The van der Waals surface area contributed by atoms with Crippen molar-refractivity contribution in [1.29, 1.82) is 0 Å². The molecule has 0 aliphatic rings. The Labute approximate surface area is 65.8 Å². The predicted molar refractivity (Wildman–Crippen MR) is 39.2 cm³/mol. The maximum Gasteiger partial charge on any atom is 0.158 e. The van der Waals surface area contributed by atoms with Gasteiger partial charge in [0.1, 0.15) is 12.2 Å². The molecule has 2 atom stereocenters. The highest BCUT2D eigenvalue weighted by atomic mass is 16.5. The smallest absolute Gasteiger partial charge is 0.158 e. The van der Waals surface area contributed by atoms with Gasteiger partial charge in [-0.05, 0) is 13.8 Å². The first-order valence-corrected chi connectivity index (χ1v) is 3.49. The molecule has 0 aliphatic carbocycles. The largest absolute Gasteiger partial charge is 0.394 e. The van der Waals surface area contributed by atoms with E-state index in [2.05, 4.69) is 0 Å². The van der Waals surface area contributed by atoms with Crippen molar-refractivity contribution in [3.05, 3.63) is 0 Å². The van der Waals surface area contributed by atoms with Crippen LogP contribution in [-0.4, -0.2) is 41.4 Å². The van der Waals surface area contributed by atoms with Gasteiger partial charge in [-0.1, -0.05) is 0 Å². The molecule has 0 spiro atoms. The zero-order chi connectivity index (χ0) is 8.85. The first-order valence-electron chi connectivity index (χ1n) is 3.49. The first kappa shape index (κ1) is 10.6. The van der Waals surface area contributed by atoms with Gasteiger partial charge in [0.05, 0.1) is 13.2 Å². The minimum Gasteiger partial charge on any atom is -0.394 e. The Balaban J connectivity index is 3.45. The second-order valence-corrected chi connectivity index (χ2v) is 2.42. The third-order valence-corrected chi connectivity index (χ3v) is 1.32. The summed E-state index contributed by atoms with van der Waals surface area (Å²) in [5, 5.41) is 17.2. The lowest BCUT2D eigenvalue weighted by molar-refractivity contribution is -0.129. The Morgan fingerprint density at radius 3 is 2.55 bits per heavy atom. The van der Waals surface area contributed by atoms with E-state index in [4.69, 9.17) is 14.9 Å². The molecule has 0 fully saturated rings. The van der Waals surface area contributed by atoms with Gasteiger partial charge in [-0.3, -0.25) is 4.79 Å². The SMILES string of the molecule is CC(=O)C(C)OCC(O)CO. The van der Waals surface area contributed by atoms with Crippen LogP contribution in [0, 0.1) is 0 Å². The fourth-order valence-corrected chi connectivity index (χ4v) is 0.425. The highest BCUT2D eigenvalue weighted by Gasteiger charge is 2.09. The molecule has 4 heteroatoms. The van der Waals surface area contributed by atoms with E-state index in [1.165, 1.54) is 6.92 Å². The van der Waals surface area contributed by atoms with Gasteiger partial charge in [0.25, 0.3) is 0 Å². The molecule has 11 heavy (non-hydrogen) atoms. The molecular formula is C7H14O4. The number of Topliss-reactive ketones (excluding diaryl/α,β-unsaturated/α-hetero) is 1. The van der Waals surface area contributed by atoms with Crippen molar-refractivity contribution >= 4 is 5.78 Å². The monoisotopic (exact) mass is 162 g/mol. The van der Waals surface area contributed by atoms with Crippen LogP contribution in [0.2, 0.25) is 0 Å². The maximum absolute atomic E-state index is 10.6. The van der Waals surface area contributed by atoms with Gasteiger partial charge in [-0.15, -0.1) is 0 Å². The molecular weight excluding hydrogens is 148 g/mol. The lowest BCUT2D eigenvalue weighted by Gasteiger charge is -2.11. The molecule has 0 aromatic heterocycles. The number of aliphatic hydroxyl groups excluding tert-OH is 2. The van der Waals surface area contributed by atoms with E-state index in [-0.39, 0.29) is 19.0 Å². The zero-order valence-electron chi connectivity index (χ0n) is 6.78. The van der Waals surface area contributed by atoms with Crippen molar-refractivity contribution < 1.29 is 19.7 Å². The summed E-state index contributed by atoms with van der Waals surface area (Å²) in [5.74, 6) is -0.0878. The summed E-state index contributed by atoms with van der Waals surface area (Å²) in [6, 6.07) is 0. The van der Waals surface area contributed by atoms with Gasteiger partial charge in [-0.25, -0.2) is 0 Å². The van der Waals surface area contributed by atoms with Crippen LogP contribution in [-0.2, 0) is 9.53 Å². The molecule has 0 rings (SSSR count). The Bertz CT molecular complexity index is 124. The third-order valence-electron chi connectivity index (χ3n) is 1.32. The number of ketones is 1. The highest BCUT2D eigenvalue weighted by Crippen LogP contribution is 1.93. The standard InChI is InChI=1S/C7H14O4/c1-5(9)6(2)11-4-7(10)3-8/h6-8,10H,3-4H2,1-2H3. The minimum absolute atomic E-state index is 0.00273. The van der Waals surface area contributed by atoms with E-state index in [1.807, 2.05) is 0 Å². The summed E-state index contributed by atoms with van der Waals surface area (Å²) < 4.78 is 4.90. The van der Waals surface area contributed by atoms with Crippen LogP contribution in [0.4, 0.5) is 0 Å². The first-order chi connectivity index (χ1) is 5.07. The average Bonchev–Trinajstić information content (AvgIpc) is 1.99. The van der Waals surface area contributed by atoms with Crippen LogP contribution in [0.1, 0.15) is 13.8 Å².